The summed E-state index contributed by atoms with van der Waals surface area (Å²) in [5, 5.41) is 1.09. The quantitative estimate of drug-likeness (QED) is 0.140. The van der Waals surface area contributed by atoms with E-state index in [9.17, 15) is 4.79 Å². The molecule has 0 bridgehead atoms. The van der Waals surface area contributed by atoms with E-state index in [4.69, 9.17) is 26.9 Å². The van der Waals surface area contributed by atoms with Gasteiger partial charge >= 0.3 is 5.97 Å². The number of fused-ring (bicyclic) bond motifs is 1. The van der Waals surface area contributed by atoms with Gasteiger partial charge in [-0.3, -0.25) is 4.79 Å². The molecular weight excluding hydrogens is 703 g/mol. The number of carbonyl (C=O) groups excluding carboxylic acids is 1. The van der Waals surface area contributed by atoms with Crippen molar-refractivity contribution >= 4 is 66.7 Å². The predicted molar refractivity (Wildman–Crippen MR) is 215 cm³/mol. The number of aromatic nitrogens is 1. The Hall–Kier alpha value is -0.669. The summed E-state index contributed by atoms with van der Waals surface area (Å²) in [7, 11) is -12.6. The van der Waals surface area contributed by atoms with Crippen LogP contribution < -0.4 is 0 Å². The second-order valence-corrected chi connectivity index (χ2v) is 46.4. The standard InChI is InChI=1S/C34H67NO7Si6/c1-43(2,3)35-24-25(26-21-19-20-22-27(26)35)23-28(36)37-29-30(38-44(4,5)6)32(40-46(10,11)12)34(42-48(16,17)18)33(41-47(13,14)15)31(29)39-45(7,8)9/h19-22,24,29-34H,23H2,1-18H3/t29?,30-,31-,32-,33+,34?/m1/s1. The first-order chi connectivity index (χ1) is 21.4. The van der Waals surface area contributed by atoms with Crippen molar-refractivity contribution in [3.8, 4) is 0 Å². The highest BCUT2D eigenvalue weighted by molar-refractivity contribution is 6.75. The topological polar surface area (TPSA) is 77.4 Å². The fraction of sp³-hybridized carbons (Fsp3) is 0.735. The highest BCUT2D eigenvalue weighted by atomic mass is 28.4. The van der Waals surface area contributed by atoms with Crippen LogP contribution in [0.4, 0.5) is 0 Å². The fourth-order valence-electron chi connectivity index (χ4n) is 6.26. The van der Waals surface area contributed by atoms with Gasteiger partial charge in [-0.05, 0) is 116 Å². The number of esters is 1. The number of hydrogen-bond acceptors (Lipinski definition) is 7. The number of rotatable bonds is 14. The average molecular weight is 770 g/mol. The number of benzene rings is 1. The minimum Gasteiger partial charge on any atom is -0.456 e. The Morgan fingerprint density at radius 2 is 0.875 bits per heavy atom. The molecule has 1 aliphatic carbocycles. The van der Waals surface area contributed by atoms with Gasteiger partial charge in [0.05, 0.1) is 6.42 Å². The molecule has 0 aliphatic heterocycles. The molecular formula is C34H67NO7Si6. The zero-order chi connectivity index (χ0) is 36.8. The van der Waals surface area contributed by atoms with Gasteiger partial charge in [-0.15, -0.1) is 0 Å². The van der Waals surface area contributed by atoms with Crippen molar-refractivity contribution < 1.29 is 31.7 Å². The molecule has 1 aliphatic rings. The Morgan fingerprint density at radius 3 is 1.21 bits per heavy atom. The summed E-state index contributed by atoms with van der Waals surface area (Å²) in [6.07, 6.45) is -0.944. The smallest absolute Gasteiger partial charge is 0.310 e. The van der Waals surface area contributed by atoms with Gasteiger partial charge in [0.25, 0.3) is 0 Å². The van der Waals surface area contributed by atoms with Crippen molar-refractivity contribution in [1.82, 2.24) is 4.23 Å². The van der Waals surface area contributed by atoms with E-state index in [2.05, 4.69) is 146 Å². The second kappa shape index (κ2) is 14.8. The van der Waals surface area contributed by atoms with Gasteiger partial charge in [-0.1, -0.05) is 37.8 Å². The second-order valence-electron chi connectivity index (χ2n) is 19.3. The highest BCUT2D eigenvalue weighted by Gasteiger charge is 2.59. The molecule has 1 aromatic heterocycles. The number of ether oxygens (including phenoxy) is 1. The first-order valence-electron chi connectivity index (χ1n) is 17.6. The zero-order valence-electron chi connectivity index (χ0n) is 33.4. The Bertz CT molecular complexity index is 1350. The normalized spacial score (nSPS) is 25.0. The molecule has 48 heavy (non-hydrogen) atoms. The van der Waals surface area contributed by atoms with Crippen molar-refractivity contribution in [3.63, 3.8) is 0 Å². The summed E-state index contributed by atoms with van der Waals surface area (Å²) in [6.45, 7) is 39.8. The van der Waals surface area contributed by atoms with Crippen LogP contribution in [0.3, 0.4) is 0 Å². The molecule has 14 heteroatoms. The molecule has 0 saturated heterocycles. The average Bonchev–Trinajstić information content (AvgIpc) is 3.21. The van der Waals surface area contributed by atoms with E-state index in [1.54, 1.807) is 0 Å². The van der Waals surface area contributed by atoms with Gasteiger partial charge in [0.15, 0.2) is 55.9 Å². The van der Waals surface area contributed by atoms with Gasteiger partial charge in [0.2, 0.25) is 0 Å². The van der Waals surface area contributed by atoms with Crippen molar-refractivity contribution in [2.24, 2.45) is 0 Å². The van der Waals surface area contributed by atoms with Crippen molar-refractivity contribution in [3.05, 3.63) is 36.0 Å². The molecule has 0 amide bonds. The van der Waals surface area contributed by atoms with Gasteiger partial charge in [0.1, 0.15) is 30.5 Å². The number of hydrogen-bond donors (Lipinski definition) is 0. The third-order valence-electron chi connectivity index (χ3n) is 7.51. The Morgan fingerprint density at radius 1 is 0.542 bits per heavy atom. The van der Waals surface area contributed by atoms with Crippen LogP contribution >= 0.6 is 0 Å². The van der Waals surface area contributed by atoms with Gasteiger partial charge < -0.3 is 31.1 Å². The molecule has 2 unspecified atom stereocenters. The SMILES string of the molecule is C[Si](C)(C)OC1[C@@H](O[Si](C)(C)C)[C@H](O[Si](C)(C)C)C(OC(=O)Cc2cn([Si](C)(C)C)c3ccccc23)[C@@H](O[Si](C)(C)C)[C@H]1O[Si](C)(C)C. The molecule has 0 radical (unpaired) electrons. The number of carbonyl (C=O) groups is 1. The zero-order valence-corrected chi connectivity index (χ0v) is 39.4. The van der Waals surface area contributed by atoms with Crippen LogP contribution in [-0.4, -0.2) is 96.6 Å². The minimum absolute atomic E-state index is 0.155. The molecule has 2 aromatic rings. The summed E-state index contributed by atoms with van der Waals surface area (Å²) in [4.78, 5) is 14.3. The third kappa shape index (κ3) is 12.2. The molecule has 1 heterocycles. The van der Waals surface area contributed by atoms with Crippen LogP contribution in [0, 0.1) is 0 Å². The summed E-state index contributed by atoms with van der Waals surface area (Å²) in [6, 6.07) is 8.36. The lowest BCUT2D eigenvalue weighted by Gasteiger charge is -2.55. The minimum atomic E-state index is -2.20. The molecule has 1 fully saturated rings. The van der Waals surface area contributed by atoms with Crippen LogP contribution in [0.15, 0.2) is 30.5 Å². The molecule has 8 nitrogen and oxygen atoms in total. The van der Waals surface area contributed by atoms with E-state index in [0.29, 0.717) is 0 Å². The molecule has 1 aromatic carbocycles. The van der Waals surface area contributed by atoms with E-state index < -0.39 is 86.4 Å². The maximum Gasteiger partial charge on any atom is 0.310 e. The fourth-order valence-corrected chi connectivity index (χ4v) is 13.1. The number of para-hydroxylation sites is 1. The van der Waals surface area contributed by atoms with E-state index >= 15 is 0 Å². The van der Waals surface area contributed by atoms with E-state index in [0.717, 1.165) is 16.5 Å². The van der Waals surface area contributed by atoms with Crippen LogP contribution in [0.5, 0.6) is 0 Å². The van der Waals surface area contributed by atoms with E-state index in [1.807, 2.05) is 6.07 Å². The maximum absolute atomic E-state index is 14.3. The van der Waals surface area contributed by atoms with E-state index in [-0.39, 0.29) is 12.4 Å². The summed E-state index contributed by atoms with van der Waals surface area (Å²) >= 11 is 0. The lowest BCUT2D eigenvalue weighted by atomic mass is 9.84. The molecule has 3 rings (SSSR count). The van der Waals surface area contributed by atoms with E-state index in [1.165, 1.54) is 0 Å². The Balaban J connectivity index is 2.23. The molecule has 6 atom stereocenters. The first-order valence-corrected chi connectivity index (χ1v) is 38.1. The van der Waals surface area contributed by atoms with Crippen LogP contribution in [0.25, 0.3) is 10.9 Å². The maximum atomic E-state index is 14.3. The Labute approximate surface area is 298 Å². The van der Waals surface area contributed by atoms with Gasteiger partial charge in [-0.2, -0.15) is 0 Å². The monoisotopic (exact) mass is 769 g/mol. The van der Waals surface area contributed by atoms with Crippen LogP contribution in [0.1, 0.15) is 5.56 Å². The lowest BCUT2D eigenvalue weighted by molar-refractivity contribution is -0.215. The molecule has 274 valence electrons. The molecule has 0 N–H and O–H groups in total. The highest BCUT2D eigenvalue weighted by Crippen LogP contribution is 2.40. The van der Waals surface area contributed by atoms with Crippen molar-refractivity contribution in [2.45, 2.75) is 161 Å². The first kappa shape index (κ1) is 41.7. The van der Waals surface area contributed by atoms with Crippen molar-refractivity contribution in [1.29, 1.82) is 0 Å². The summed E-state index contributed by atoms with van der Waals surface area (Å²) < 4.78 is 44.5. The van der Waals surface area contributed by atoms with Crippen LogP contribution in [0.2, 0.25) is 118 Å². The number of nitrogens with zero attached hydrogens (tertiary/aromatic N) is 1. The summed E-state index contributed by atoms with van der Waals surface area (Å²) in [5.41, 5.74) is 2.14. The van der Waals surface area contributed by atoms with Crippen LogP contribution in [-0.2, 0) is 38.1 Å². The van der Waals surface area contributed by atoms with Gasteiger partial charge in [-0.25, -0.2) is 0 Å². The predicted octanol–water partition coefficient (Wildman–Crippen LogP) is 8.89. The van der Waals surface area contributed by atoms with Gasteiger partial charge in [0, 0.05) is 10.9 Å². The lowest BCUT2D eigenvalue weighted by Crippen LogP contribution is -2.72. The molecule has 0 spiro atoms. The summed E-state index contributed by atoms with van der Waals surface area (Å²) in [5.74, 6) is -0.296. The third-order valence-corrected chi connectivity index (χ3v) is 14.2. The Kier molecular flexibility index (Phi) is 12.8. The van der Waals surface area contributed by atoms with Crippen molar-refractivity contribution in [2.75, 3.05) is 0 Å². The largest absolute Gasteiger partial charge is 0.456 e. The molecule has 1 saturated carbocycles.